The summed E-state index contributed by atoms with van der Waals surface area (Å²) in [5.41, 5.74) is 2.58. The van der Waals surface area contributed by atoms with E-state index in [0.717, 1.165) is 22.8 Å². The number of para-hydroxylation sites is 1. The van der Waals surface area contributed by atoms with Gasteiger partial charge >= 0.3 is 0 Å². The van der Waals surface area contributed by atoms with Crippen molar-refractivity contribution in [2.24, 2.45) is 0 Å². The van der Waals surface area contributed by atoms with Crippen molar-refractivity contribution in [1.29, 1.82) is 0 Å². The Labute approximate surface area is 209 Å². The van der Waals surface area contributed by atoms with Crippen LogP contribution in [0.2, 0.25) is 0 Å². The second-order valence-corrected chi connectivity index (χ2v) is 8.51. The first-order valence-electron chi connectivity index (χ1n) is 11.8. The molecular weight excluding hydrogens is 456 g/mol. The molecule has 0 saturated carbocycles. The van der Waals surface area contributed by atoms with Gasteiger partial charge in [-0.1, -0.05) is 42.5 Å². The summed E-state index contributed by atoms with van der Waals surface area (Å²) in [6, 6.07) is 24.1. The van der Waals surface area contributed by atoms with Crippen LogP contribution in [0.4, 0.5) is 11.4 Å². The van der Waals surface area contributed by atoms with E-state index in [0.29, 0.717) is 47.4 Å². The number of hydrogen-bond acceptors (Lipinski definition) is 5. The molecule has 7 nitrogen and oxygen atoms in total. The number of nitrogens with one attached hydrogen (secondary N) is 2. The highest BCUT2D eigenvalue weighted by atomic mass is 16.5. The third-order valence-corrected chi connectivity index (χ3v) is 5.88. The number of carbonyl (C=O) groups excluding carboxylic acids is 2. The largest absolute Gasteiger partial charge is 0.490 e. The molecule has 0 fully saturated rings. The summed E-state index contributed by atoms with van der Waals surface area (Å²) >= 11 is 0. The van der Waals surface area contributed by atoms with E-state index in [4.69, 9.17) is 14.2 Å². The number of fused-ring (bicyclic) bond motifs is 2. The molecule has 1 aliphatic heterocycles. The van der Waals surface area contributed by atoms with Crippen LogP contribution in [0.5, 0.6) is 17.2 Å². The zero-order valence-electron chi connectivity index (χ0n) is 19.9. The van der Waals surface area contributed by atoms with Crippen molar-refractivity contribution in [3.8, 4) is 17.2 Å². The monoisotopic (exact) mass is 482 g/mol. The van der Waals surface area contributed by atoms with Crippen molar-refractivity contribution in [3.63, 3.8) is 0 Å². The van der Waals surface area contributed by atoms with Crippen LogP contribution in [0.1, 0.15) is 22.3 Å². The lowest BCUT2D eigenvalue weighted by molar-refractivity contribution is -0.118. The second-order valence-electron chi connectivity index (χ2n) is 8.51. The first kappa shape index (κ1) is 23.2. The highest BCUT2D eigenvalue weighted by Crippen LogP contribution is 2.32. The van der Waals surface area contributed by atoms with E-state index in [1.165, 1.54) is 0 Å². The van der Waals surface area contributed by atoms with E-state index in [1.807, 2.05) is 55.5 Å². The highest BCUT2D eigenvalue weighted by Gasteiger charge is 2.17. The van der Waals surface area contributed by atoms with Crippen molar-refractivity contribution < 1.29 is 23.8 Å². The molecule has 0 bridgehead atoms. The van der Waals surface area contributed by atoms with Crippen molar-refractivity contribution in [2.75, 3.05) is 30.5 Å². The van der Waals surface area contributed by atoms with Crippen molar-refractivity contribution in [3.05, 3.63) is 90.0 Å². The molecule has 1 heterocycles. The van der Waals surface area contributed by atoms with Gasteiger partial charge in [0.1, 0.15) is 5.75 Å². The number of amides is 2. The lowest BCUT2D eigenvalue weighted by Crippen LogP contribution is -2.22. The smallest absolute Gasteiger partial charge is 0.262 e. The van der Waals surface area contributed by atoms with Gasteiger partial charge in [0, 0.05) is 23.9 Å². The van der Waals surface area contributed by atoms with Crippen LogP contribution in [0.3, 0.4) is 0 Å². The van der Waals surface area contributed by atoms with E-state index in [1.54, 1.807) is 30.3 Å². The number of anilines is 2. The maximum absolute atomic E-state index is 13.2. The quantitative estimate of drug-likeness (QED) is 0.375. The number of ether oxygens (including phenoxy) is 3. The minimum atomic E-state index is -0.358. The number of aryl methyl sites for hydroxylation is 1. The Bertz CT molecular complexity index is 1430. The first-order chi connectivity index (χ1) is 17.6. The molecule has 4 aromatic rings. The SMILES string of the molecule is Cc1ccccc1NC(=O)c1cc2ccccc2cc1OCC(=O)Nc1ccc2c(c1)OCCCO2. The summed E-state index contributed by atoms with van der Waals surface area (Å²) < 4.78 is 17.2. The molecule has 7 heteroatoms. The molecule has 1 aliphatic rings. The fraction of sp³-hybridized carbons (Fsp3) is 0.172. The van der Waals surface area contributed by atoms with Gasteiger partial charge in [-0.2, -0.15) is 0 Å². The van der Waals surface area contributed by atoms with E-state index in [9.17, 15) is 9.59 Å². The summed E-state index contributed by atoms with van der Waals surface area (Å²) in [5, 5.41) is 7.57. The zero-order chi connectivity index (χ0) is 24.9. The summed E-state index contributed by atoms with van der Waals surface area (Å²) in [6.07, 6.45) is 0.801. The fourth-order valence-electron chi connectivity index (χ4n) is 4.00. The normalized spacial score (nSPS) is 12.5. The van der Waals surface area contributed by atoms with E-state index < -0.39 is 0 Å². The summed E-state index contributed by atoms with van der Waals surface area (Å²) in [5.74, 6) is 0.906. The Kier molecular flexibility index (Phi) is 6.71. The lowest BCUT2D eigenvalue weighted by atomic mass is 10.0. The molecule has 36 heavy (non-hydrogen) atoms. The number of hydrogen-bond donors (Lipinski definition) is 2. The molecule has 2 N–H and O–H groups in total. The topological polar surface area (TPSA) is 85.9 Å². The molecule has 4 aromatic carbocycles. The van der Waals surface area contributed by atoms with Crippen LogP contribution in [0.25, 0.3) is 10.8 Å². The average molecular weight is 483 g/mol. The van der Waals surface area contributed by atoms with Crippen molar-refractivity contribution in [2.45, 2.75) is 13.3 Å². The standard InChI is InChI=1S/C29H26N2O5/c1-19-7-2-5-10-24(19)31-29(33)23-15-20-8-3-4-9-21(20)16-26(23)36-18-28(32)30-22-11-12-25-27(17-22)35-14-6-13-34-25/h2-5,7-12,15-17H,6,13-14,18H2,1H3,(H,30,32)(H,31,33). The van der Waals surface area contributed by atoms with Crippen LogP contribution >= 0.6 is 0 Å². The average Bonchev–Trinajstić information content (AvgIpc) is 3.13. The van der Waals surface area contributed by atoms with E-state index in [-0.39, 0.29) is 18.4 Å². The molecule has 0 spiro atoms. The molecule has 5 rings (SSSR count). The van der Waals surface area contributed by atoms with Gasteiger partial charge in [-0.25, -0.2) is 0 Å². The maximum Gasteiger partial charge on any atom is 0.262 e. The first-order valence-corrected chi connectivity index (χ1v) is 11.8. The van der Waals surface area contributed by atoms with Gasteiger partial charge in [-0.3, -0.25) is 9.59 Å². The summed E-state index contributed by atoms with van der Waals surface area (Å²) in [7, 11) is 0. The van der Waals surface area contributed by atoms with Gasteiger partial charge in [0.15, 0.2) is 18.1 Å². The minimum absolute atomic E-state index is 0.266. The predicted octanol–water partition coefficient (Wildman–Crippen LogP) is 5.58. The van der Waals surface area contributed by atoms with Crippen LogP contribution in [0, 0.1) is 6.92 Å². The summed E-state index contributed by atoms with van der Waals surface area (Å²) in [4.78, 5) is 25.9. The Hall–Kier alpha value is -4.52. The Morgan fingerprint density at radius 1 is 0.833 bits per heavy atom. The predicted molar refractivity (Wildman–Crippen MR) is 139 cm³/mol. The summed E-state index contributed by atoms with van der Waals surface area (Å²) in [6.45, 7) is 2.82. The Balaban J connectivity index is 1.33. The van der Waals surface area contributed by atoms with Gasteiger partial charge in [0.2, 0.25) is 0 Å². The molecule has 0 aliphatic carbocycles. The van der Waals surface area contributed by atoms with Gasteiger partial charge in [0.25, 0.3) is 11.8 Å². The fourth-order valence-corrected chi connectivity index (χ4v) is 4.00. The molecule has 0 saturated heterocycles. The van der Waals surface area contributed by atoms with Crippen molar-refractivity contribution in [1.82, 2.24) is 0 Å². The van der Waals surface area contributed by atoms with Crippen LogP contribution in [0.15, 0.2) is 78.9 Å². The van der Waals surface area contributed by atoms with Crippen LogP contribution < -0.4 is 24.8 Å². The van der Waals surface area contributed by atoms with Gasteiger partial charge in [-0.05, 0) is 53.6 Å². The number of carbonyl (C=O) groups is 2. The molecule has 0 radical (unpaired) electrons. The number of benzene rings is 4. The van der Waals surface area contributed by atoms with Gasteiger partial charge in [0.05, 0.1) is 18.8 Å². The lowest BCUT2D eigenvalue weighted by Gasteiger charge is -2.15. The second kappa shape index (κ2) is 10.4. The van der Waals surface area contributed by atoms with Gasteiger partial charge < -0.3 is 24.8 Å². The molecular formula is C29H26N2O5. The third kappa shape index (κ3) is 5.25. The molecule has 2 amide bonds. The third-order valence-electron chi connectivity index (χ3n) is 5.88. The van der Waals surface area contributed by atoms with E-state index >= 15 is 0 Å². The Morgan fingerprint density at radius 3 is 2.36 bits per heavy atom. The van der Waals surface area contributed by atoms with Crippen molar-refractivity contribution >= 4 is 34.0 Å². The minimum Gasteiger partial charge on any atom is -0.490 e. The van der Waals surface area contributed by atoms with Crippen LogP contribution in [-0.4, -0.2) is 31.6 Å². The molecule has 0 unspecified atom stereocenters. The van der Waals surface area contributed by atoms with Gasteiger partial charge in [-0.15, -0.1) is 0 Å². The molecule has 0 atom stereocenters. The number of rotatable bonds is 6. The highest BCUT2D eigenvalue weighted by molar-refractivity contribution is 6.09. The van der Waals surface area contributed by atoms with Crippen LogP contribution in [-0.2, 0) is 4.79 Å². The maximum atomic E-state index is 13.2. The molecule has 182 valence electrons. The molecule has 0 aromatic heterocycles. The van der Waals surface area contributed by atoms with E-state index in [2.05, 4.69) is 10.6 Å². The zero-order valence-corrected chi connectivity index (χ0v) is 19.9. The Morgan fingerprint density at radius 2 is 1.56 bits per heavy atom.